The summed E-state index contributed by atoms with van der Waals surface area (Å²) >= 11 is 0. The Morgan fingerprint density at radius 2 is 2.05 bits per heavy atom. The van der Waals surface area contributed by atoms with Crippen LogP contribution in [-0.2, 0) is 9.47 Å². The van der Waals surface area contributed by atoms with Gasteiger partial charge in [-0.15, -0.1) is 0 Å². The Kier molecular flexibility index (Phi) is 7.85. The largest absolute Gasteiger partial charge is 0.379 e. The van der Waals surface area contributed by atoms with Crippen molar-refractivity contribution in [3.8, 4) is 0 Å². The number of nitrogens with zero attached hydrogens (tertiary/aromatic N) is 2. The zero-order valence-electron chi connectivity index (χ0n) is 13.3. The van der Waals surface area contributed by atoms with Gasteiger partial charge in [0, 0.05) is 39.8 Å². The van der Waals surface area contributed by atoms with Crippen molar-refractivity contribution in [3.05, 3.63) is 0 Å². The SMILES string of the molecule is CN=C(NCCCCN1CCOCC1)NCC1CCCO1. The zero-order chi connectivity index (χ0) is 14.8. The molecule has 2 rings (SSSR count). The molecule has 2 aliphatic heterocycles. The highest BCUT2D eigenvalue weighted by atomic mass is 16.5. The minimum absolute atomic E-state index is 0.352. The van der Waals surface area contributed by atoms with Gasteiger partial charge in [0.15, 0.2) is 5.96 Å². The molecule has 0 aromatic heterocycles. The first-order chi connectivity index (χ1) is 10.4. The quantitative estimate of drug-likeness (QED) is 0.406. The molecule has 2 saturated heterocycles. The smallest absolute Gasteiger partial charge is 0.191 e. The molecule has 2 aliphatic rings. The van der Waals surface area contributed by atoms with E-state index in [1.807, 2.05) is 7.05 Å². The van der Waals surface area contributed by atoms with Crippen molar-refractivity contribution in [1.82, 2.24) is 15.5 Å². The third kappa shape index (κ3) is 6.63. The molecule has 6 heteroatoms. The van der Waals surface area contributed by atoms with E-state index in [0.717, 1.165) is 64.8 Å². The minimum Gasteiger partial charge on any atom is -0.379 e. The molecule has 21 heavy (non-hydrogen) atoms. The van der Waals surface area contributed by atoms with Crippen LogP contribution in [0, 0.1) is 0 Å². The number of morpholine rings is 1. The molecule has 0 aliphatic carbocycles. The lowest BCUT2D eigenvalue weighted by molar-refractivity contribution is 0.0372. The van der Waals surface area contributed by atoms with Crippen LogP contribution in [-0.4, -0.2) is 76.6 Å². The molecule has 0 saturated carbocycles. The van der Waals surface area contributed by atoms with Gasteiger partial charge in [-0.25, -0.2) is 0 Å². The first kappa shape index (κ1) is 16.5. The molecule has 0 spiro atoms. The Morgan fingerprint density at radius 1 is 1.19 bits per heavy atom. The van der Waals surface area contributed by atoms with E-state index < -0.39 is 0 Å². The summed E-state index contributed by atoms with van der Waals surface area (Å²) in [6, 6.07) is 0. The summed E-state index contributed by atoms with van der Waals surface area (Å²) in [6.45, 7) is 7.84. The standard InChI is InChI=1S/C15H30N4O2/c1-16-15(18-13-14-5-4-10-21-14)17-6-2-3-7-19-8-11-20-12-9-19/h14H,2-13H2,1H3,(H2,16,17,18). The van der Waals surface area contributed by atoms with Crippen LogP contribution >= 0.6 is 0 Å². The maximum Gasteiger partial charge on any atom is 0.191 e. The van der Waals surface area contributed by atoms with Gasteiger partial charge in [0.2, 0.25) is 0 Å². The summed E-state index contributed by atoms with van der Waals surface area (Å²) in [5, 5.41) is 6.71. The van der Waals surface area contributed by atoms with Gasteiger partial charge in [-0.3, -0.25) is 9.89 Å². The van der Waals surface area contributed by atoms with E-state index in [-0.39, 0.29) is 0 Å². The van der Waals surface area contributed by atoms with Gasteiger partial charge in [0.25, 0.3) is 0 Å². The van der Waals surface area contributed by atoms with Gasteiger partial charge in [-0.1, -0.05) is 0 Å². The summed E-state index contributed by atoms with van der Waals surface area (Å²) in [7, 11) is 1.82. The normalized spacial score (nSPS) is 24.2. The maximum absolute atomic E-state index is 5.60. The lowest BCUT2D eigenvalue weighted by Gasteiger charge is -2.26. The van der Waals surface area contributed by atoms with Gasteiger partial charge in [0.05, 0.1) is 19.3 Å². The zero-order valence-corrected chi connectivity index (χ0v) is 13.3. The summed E-state index contributed by atoms with van der Waals surface area (Å²) < 4.78 is 11.0. The van der Waals surface area contributed by atoms with Crippen LogP contribution in [0.4, 0.5) is 0 Å². The molecular weight excluding hydrogens is 268 g/mol. The van der Waals surface area contributed by atoms with Crippen molar-refractivity contribution in [1.29, 1.82) is 0 Å². The molecular formula is C15H30N4O2. The summed E-state index contributed by atoms with van der Waals surface area (Å²) in [4.78, 5) is 6.73. The lowest BCUT2D eigenvalue weighted by Crippen LogP contribution is -2.41. The van der Waals surface area contributed by atoms with E-state index in [0.29, 0.717) is 6.10 Å². The lowest BCUT2D eigenvalue weighted by atomic mass is 10.2. The fourth-order valence-corrected chi connectivity index (χ4v) is 2.73. The average Bonchev–Trinajstić information content (AvgIpc) is 3.04. The van der Waals surface area contributed by atoms with Crippen LogP contribution in [0.25, 0.3) is 0 Å². The summed E-state index contributed by atoms with van der Waals surface area (Å²) in [6.07, 6.45) is 5.07. The molecule has 0 amide bonds. The first-order valence-corrected chi connectivity index (χ1v) is 8.24. The third-order valence-corrected chi connectivity index (χ3v) is 4.04. The van der Waals surface area contributed by atoms with Crippen LogP contribution < -0.4 is 10.6 Å². The van der Waals surface area contributed by atoms with Crippen molar-refractivity contribution in [2.45, 2.75) is 31.8 Å². The fourth-order valence-electron chi connectivity index (χ4n) is 2.73. The monoisotopic (exact) mass is 298 g/mol. The number of unbranched alkanes of at least 4 members (excludes halogenated alkanes) is 1. The molecule has 1 atom stereocenters. The van der Waals surface area contributed by atoms with Crippen molar-refractivity contribution in [3.63, 3.8) is 0 Å². The number of guanidine groups is 1. The Morgan fingerprint density at radius 3 is 2.76 bits per heavy atom. The van der Waals surface area contributed by atoms with Gasteiger partial charge in [-0.05, 0) is 32.2 Å². The van der Waals surface area contributed by atoms with Crippen molar-refractivity contribution < 1.29 is 9.47 Å². The molecule has 1 unspecified atom stereocenters. The molecule has 2 N–H and O–H groups in total. The number of hydrogen-bond acceptors (Lipinski definition) is 4. The van der Waals surface area contributed by atoms with E-state index in [9.17, 15) is 0 Å². The van der Waals surface area contributed by atoms with Gasteiger partial charge < -0.3 is 20.1 Å². The predicted molar refractivity (Wildman–Crippen MR) is 84.8 cm³/mol. The van der Waals surface area contributed by atoms with Crippen LogP contribution in [0.15, 0.2) is 4.99 Å². The third-order valence-electron chi connectivity index (χ3n) is 4.04. The highest BCUT2D eigenvalue weighted by Crippen LogP contribution is 2.10. The molecule has 2 heterocycles. The van der Waals surface area contributed by atoms with E-state index in [4.69, 9.17) is 9.47 Å². The minimum atomic E-state index is 0.352. The van der Waals surface area contributed by atoms with Crippen LogP contribution in [0.5, 0.6) is 0 Å². The summed E-state index contributed by atoms with van der Waals surface area (Å²) in [5.41, 5.74) is 0. The molecule has 0 aromatic rings. The summed E-state index contributed by atoms with van der Waals surface area (Å²) in [5.74, 6) is 0.886. The number of aliphatic imine (C=N–C) groups is 1. The molecule has 122 valence electrons. The van der Waals surface area contributed by atoms with Crippen LogP contribution in [0.3, 0.4) is 0 Å². The number of nitrogens with one attached hydrogen (secondary N) is 2. The van der Waals surface area contributed by atoms with E-state index in [2.05, 4.69) is 20.5 Å². The number of rotatable bonds is 7. The molecule has 0 radical (unpaired) electrons. The second-order valence-corrected chi connectivity index (χ2v) is 5.68. The van der Waals surface area contributed by atoms with Crippen molar-refractivity contribution >= 4 is 5.96 Å². The van der Waals surface area contributed by atoms with Crippen LogP contribution in [0.2, 0.25) is 0 Å². The Balaban J connectivity index is 1.47. The molecule has 2 fully saturated rings. The van der Waals surface area contributed by atoms with E-state index >= 15 is 0 Å². The predicted octanol–water partition coefficient (Wildman–Crippen LogP) is 0.443. The number of hydrogen-bond donors (Lipinski definition) is 2. The molecule has 0 aromatic carbocycles. The average molecular weight is 298 g/mol. The van der Waals surface area contributed by atoms with E-state index in [1.54, 1.807) is 0 Å². The Hall–Kier alpha value is -0.850. The second-order valence-electron chi connectivity index (χ2n) is 5.68. The molecule has 0 bridgehead atoms. The Labute approximate surface area is 128 Å². The van der Waals surface area contributed by atoms with Gasteiger partial charge in [-0.2, -0.15) is 0 Å². The maximum atomic E-state index is 5.60. The second kappa shape index (κ2) is 9.97. The highest BCUT2D eigenvalue weighted by Gasteiger charge is 2.15. The molecule has 6 nitrogen and oxygen atoms in total. The van der Waals surface area contributed by atoms with Crippen LogP contribution in [0.1, 0.15) is 25.7 Å². The van der Waals surface area contributed by atoms with Crippen molar-refractivity contribution in [2.75, 3.05) is 59.6 Å². The number of ether oxygens (including phenoxy) is 2. The Bertz CT molecular complexity index is 300. The van der Waals surface area contributed by atoms with Crippen molar-refractivity contribution in [2.24, 2.45) is 4.99 Å². The topological polar surface area (TPSA) is 58.1 Å². The van der Waals surface area contributed by atoms with Gasteiger partial charge >= 0.3 is 0 Å². The van der Waals surface area contributed by atoms with Gasteiger partial charge in [0.1, 0.15) is 0 Å². The van der Waals surface area contributed by atoms with E-state index in [1.165, 1.54) is 19.4 Å². The highest BCUT2D eigenvalue weighted by molar-refractivity contribution is 5.79. The first-order valence-electron chi connectivity index (χ1n) is 8.24. The fraction of sp³-hybridized carbons (Fsp3) is 0.933.